The van der Waals surface area contributed by atoms with Crippen LogP contribution < -0.4 is 10.1 Å². The highest BCUT2D eigenvalue weighted by Crippen LogP contribution is 2.17. The van der Waals surface area contributed by atoms with E-state index in [1.54, 1.807) is 0 Å². The molecule has 0 aliphatic carbocycles. The first-order valence-electron chi connectivity index (χ1n) is 6.01. The fraction of sp³-hybridized carbons (Fsp3) is 0.385. The molecule has 5 heteroatoms. The zero-order chi connectivity index (χ0) is 12.8. The Kier molecular flexibility index (Phi) is 4.30. The van der Waals surface area contributed by atoms with E-state index in [2.05, 4.69) is 39.0 Å². The number of nitrogens with one attached hydrogen (secondary N) is 1. The molecule has 1 heterocycles. The summed E-state index contributed by atoms with van der Waals surface area (Å²) in [5, 5.41) is 7.08. The minimum Gasteiger partial charge on any atom is -0.494 e. The maximum Gasteiger partial charge on any atom is 0.213 e. The van der Waals surface area contributed by atoms with Gasteiger partial charge in [0, 0.05) is 6.04 Å². The molecule has 0 bridgehead atoms. The summed E-state index contributed by atoms with van der Waals surface area (Å²) in [6, 6.07) is 8.29. The van der Waals surface area contributed by atoms with Gasteiger partial charge in [0.2, 0.25) is 6.39 Å². The number of benzene rings is 1. The van der Waals surface area contributed by atoms with Gasteiger partial charge in [0.25, 0.3) is 0 Å². The monoisotopic (exact) mass is 247 g/mol. The number of rotatable bonds is 6. The molecule has 1 aromatic heterocycles. The molecule has 2 aromatic rings. The van der Waals surface area contributed by atoms with E-state index in [1.807, 2.05) is 19.1 Å². The molecule has 5 nitrogen and oxygen atoms in total. The summed E-state index contributed by atoms with van der Waals surface area (Å²) >= 11 is 0. The van der Waals surface area contributed by atoms with Gasteiger partial charge in [-0.2, -0.15) is 4.98 Å². The molecule has 0 spiro atoms. The maximum absolute atomic E-state index is 5.41. The van der Waals surface area contributed by atoms with E-state index in [0.29, 0.717) is 19.0 Å². The highest BCUT2D eigenvalue weighted by molar-refractivity contribution is 5.28. The van der Waals surface area contributed by atoms with Crippen molar-refractivity contribution in [2.75, 3.05) is 6.61 Å². The molecule has 1 unspecified atom stereocenters. The number of nitrogens with zero attached hydrogens (tertiary/aromatic N) is 2. The van der Waals surface area contributed by atoms with Gasteiger partial charge < -0.3 is 14.6 Å². The Hall–Kier alpha value is -1.88. The van der Waals surface area contributed by atoms with Gasteiger partial charge in [0.15, 0.2) is 5.82 Å². The van der Waals surface area contributed by atoms with Crippen molar-refractivity contribution in [1.82, 2.24) is 15.5 Å². The molecule has 1 aromatic carbocycles. The fourth-order valence-corrected chi connectivity index (χ4v) is 1.65. The van der Waals surface area contributed by atoms with Crippen LogP contribution in [0, 0.1) is 0 Å². The minimum absolute atomic E-state index is 0.221. The van der Waals surface area contributed by atoms with Crippen molar-refractivity contribution < 1.29 is 9.26 Å². The first-order valence-corrected chi connectivity index (χ1v) is 6.01. The van der Waals surface area contributed by atoms with Crippen LogP contribution >= 0.6 is 0 Å². The Morgan fingerprint density at radius 2 is 2.11 bits per heavy atom. The fourth-order valence-electron chi connectivity index (χ4n) is 1.65. The van der Waals surface area contributed by atoms with Crippen LogP contribution in [0.25, 0.3) is 0 Å². The van der Waals surface area contributed by atoms with Crippen LogP contribution in [0.5, 0.6) is 5.75 Å². The van der Waals surface area contributed by atoms with Crippen LogP contribution in [-0.2, 0) is 6.54 Å². The average molecular weight is 247 g/mol. The second-order valence-corrected chi connectivity index (χ2v) is 3.95. The van der Waals surface area contributed by atoms with Crippen molar-refractivity contribution in [2.24, 2.45) is 0 Å². The third kappa shape index (κ3) is 3.30. The predicted molar refractivity (Wildman–Crippen MR) is 67.2 cm³/mol. The van der Waals surface area contributed by atoms with Gasteiger partial charge >= 0.3 is 0 Å². The normalized spacial score (nSPS) is 12.3. The summed E-state index contributed by atoms with van der Waals surface area (Å²) in [6.45, 7) is 5.34. The van der Waals surface area contributed by atoms with Crippen LogP contribution in [0.15, 0.2) is 35.2 Å². The third-order valence-electron chi connectivity index (χ3n) is 2.66. The van der Waals surface area contributed by atoms with E-state index >= 15 is 0 Å². The van der Waals surface area contributed by atoms with E-state index in [4.69, 9.17) is 4.74 Å². The lowest BCUT2D eigenvalue weighted by Gasteiger charge is -2.13. The molecule has 0 saturated heterocycles. The highest BCUT2D eigenvalue weighted by atomic mass is 16.5. The molecule has 96 valence electrons. The molecule has 0 amide bonds. The highest BCUT2D eigenvalue weighted by Gasteiger charge is 2.06. The quantitative estimate of drug-likeness (QED) is 0.848. The molecular weight excluding hydrogens is 230 g/mol. The second-order valence-electron chi connectivity index (χ2n) is 3.95. The summed E-state index contributed by atoms with van der Waals surface area (Å²) in [5.74, 6) is 1.56. The molecule has 1 atom stereocenters. The smallest absolute Gasteiger partial charge is 0.213 e. The van der Waals surface area contributed by atoms with E-state index in [-0.39, 0.29) is 6.04 Å². The van der Waals surface area contributed by atoms with Crippen molar-refractivity contribution in [3.63, 3.8) is 0 Å². The molecular formula is C13H17N3O2. The van der Waals surface area contributed by atoms with E-state index in [0.717, 1.165) is 5.75 Å². The van der Waals surface area contributed by atoms with Gasteiger partial charge in [-0.3, -0.25) is 0 Å². The summed E-state index contributed by atoms with van der Waals surface area (Å²) in [5.41, 5.74) is 1.20. The maximum atomic E-state index is 5.41. The van der Waals surface area contributed by atoms with Crippen molar-refractivity contribution in [3.05, 3.63) is 42.0 Å². The van der Waals surface area contributed by atoms with Gasteiger partial charge in [-0.1, -0.05) is 17.3 Å². The van der Waals surface area contributed by atoms with Crippen LogP contribution in [-0.4, -0.2) is 16.7 Å². The number of ether oxygens (including phenoxy) is 1. The SMILES string of the molecule is CCOc1ccc(C(C)NCc2ncon2)cc1. The summed E-state index contributed by atoms with van der Waals surface area (Å²) in [7, 11) is 0. The molecule has 1 N–H and O–H groups in total. The molecule has 0 radical (unpaired) electrons. The first-order chi connectivity index (χ1) is 8.79. The summed E-state index contributed by atoms with van der Waals surface area (Å²) in [6.07, 6.45) is 1.33. The van der Waals surface area contributed by atoms with Crippen molar-refractivity contribution >= 4 is 0 Å². The predicted octanol–water partition coefficient (Wildman–Crippen LogP) is 2.32. The Labute approximate surface area is 106 Å². The molecule has 0 saturated carbocycles. The third-order valence-corrected chi connectivity index (χ3v) is 2.66. The van der Waals surface area contributed by atoms with Crippen LogP contribution in [0.4, 0.5) is 0 Å². The number of hydrogen-bond donors (Lipinski definition) is 1. The molecule has 0 aliphatic rings. The van der Waals surface area contributed by atoms with E-state index < -0.39 is 0 Å². The molecule has 2 rings (SSSR count). The Balaban J connectivity index is 1.89. The van der Waals surface area contributed by atoms with E-state index in [9.17, 15) is 0 Å². The Morgan fingerprint density at radius 3 is 2.72 bits per heavy atom. The topological polar surface area (TPSA) is 60.2 Å². The molecule has 0 aliphatic heterocycles. The van der Waals surface area contributed by atoms with Crippen molar-refractivity contribution in [1.29, 1.82) is 0 Å². The minimum atomic E-state index is 0.221. The zero-order valence-electron chi connectivity index (χ0n) is 10.6. The van der Waals surface area contributed by atoms with Gasteiger partial charge in [-0.05, 0) is 31.5 Å². The second kappa shape index (κ2) is 6.16. The van der Waals surface area contributed by atoms with Gasteiger partial charge in [-0.25, -0.2) is 0 Å². The zero-order valence-corrected chi connectivity index (χ0v) is 10.6. The van der Waals surface area contributed by atoms with Crippen LogP contribution in [0.1, 0.15) is 31.3 Å². The lowest BCUT2D eigenvalue weighted by molar-refractivity contribution is 0.340. The van der Waals surface area contributed by atoms with Gasteiger partial charge in [0.05, 0.1) is 13.2 Å². The van der Waals surface area contributed by atoms with Crippen molar-refractivity contribution in [2.45, 2.75) is 26.4 Å². The summed E-state index contributed by atoms with van der Waals surface area (Å²) in [4.78, 5) is 3.96. The lowest BCUT2D eigenvalue weighted by Crippen LogP contribution is -2.18. The van der Waals surface area contributed by atoms with Gasteiger partial charge in [-0.15, -0.1) is 0 Å². The largest absolute Gasteiger partial charge is 0.494 e. The standard InChI is InChI=1S/C13H17N3O2/c1-3-17-12-6-4-11(5-7-12)10(2)14-8-13-15-9-18-16-13/h4-7,9-10,14H,3,8H2,1-2H3. The van der Waals surface area contributed by atoms with Crippen LogP contribution in [0.3, 0.4) is 0 Å². The number of aromatic nitrogens is 2. The first kappa shape index (κ1) is 12.6. The molecule has 18 heavy (non-hydrogen) atoms. The average Bonchev–Trinajstić information content (AvgIpc) is 2.90. The van der Waals surface area contributed by atoms with Crippen LogP contribution in [0.2, 0.25) is 0 Å². The Morgan fingerprint density at radius 1 is 1.33 bits per heavy atom. The van der Waals surface area contributed by atoms with Crippen molar-refractivity contribution in [3.8, 4) is 5.75 Å². The number of hydrogen-bond acceptors (Lipinski definition) is 5. The van der Waals surface area contributed by atoms with Gasteiger partial charge in [0.1, 0.15) is 5.75 Å². The molecule has 0 fully saturated rings. The summed E-state index contributed by atoms with van der Waals surface area (Å²) < 4.78 is 10.1. The van der Waals surface area contributed by atoms with E-state index in [1.165, 1.54) is 12.0 Å². The Bertz CT molecular complexity index is 454. The lowest BCUT2D eigenvalue weighted by atomic mass is 10.1.